The molecule has 3 aromatic rings. The predicted octanol–water partition coefficient (Wildman–Crippen LogP) is 2.79. The fourth-order valence-electron chi connectivity index (χ4n) is 6.09. The Morgan fingerprint density at radius 2 is 2.05 bits per heavy atom. The van der Waals surface area contributed by atoms with Crippen molar-refractivity contribution in [3.8, 4) is 5.75 Å². The van der Waals surface area contributed by atoms with Crippen LogP contribution >= 0.6 is 0 Å². The van der Waals surface area contributed by atoms with Gasteiger partial charge in [-0.05, 0) is 54.7 Å². The molecule has 11 heteroatoms. The number of carbonyl (C=O) groups is 1. The van der Waals surface area contributed by atoms with Crippen LogP contribution in [-0.4, -0.2) is 57.2 Å². The molecule has 4 aliphatic heterocycles. The van der Waals surface area contributed by atoms with Crippen molar-refractivity contribution in [1.29, 1.82) is 0 Å². The summed E-state index contributed by atoms with van der Waals surface area (Å²) in [6, 6.07) is 10.1. The number of hydrogen-bond donors (Lipinski definition) is 3. The van der Waals surface area contributed by atoms with Gasteiger partial charge in [0.1, 0.15) is 0 Å². The Balaban J connectivity index is 1.18. The quantitative estimate of drug-likeness (QED) is 0.432. The van der Waals surface area contributed by atoms with Crippen LogP contribution < -0.4 is 25.3 Å². The first-order valence-electron chi connectivity index (χ1n) is 13.4. The second-order valence-corrected chi connectivity index (χ2v) is 10.7. The Kier molecular flexibility index (Phi) is 4.97. The minimum atomic E-state index is -0.947. The summed E-state index contributed by atoms with van der Waals surface area (Å²) in [5, 5.41) is 21.8. The maximum atomic E-state index is 12.6. The minimum absolute atomic E-state index is 0.00227. The number of ether oxygens (including phenoxy) is 1. The molecule has 1 saturated carbocycles. The van der Waals surface area contributed by atoms with Gasteiger partial charge in [-0.25, -0.2) is 15.0 Å². The molecule has 2 bridgehead atoms. The van der Waals surface area contributed by atoms with E-state index in [9.17, 15) is 9.90 Å². The van der Waals surface area contributed by atoms with E-state index in [0.717, 1.165) is 18.8 Å². The molecule has 0 saturated heterocycles. The number of carbonyl (C=O) groups excluding carboxylic acids is 1. The molecule has 1 amide bonds. The van der Waals surface area contributed by atoms with Crippen LogP contribution in [0.25, 0.3) is 0 Å². The topological polar surface area (TPSA) is 119 Å². The number of pyridine rings is 1. The molecule has 39 heavy (non-hydrogen) atoms. The van der Waals surface area contributed by atoms with Gasteiger partial charge in [-0.1, -0.05) is 18.2 Å². The highest BCUT2D eigenvalue weighted by Crippen LogP contribution is 2.51. The molecule has 3 N–H and O–H groups in total. The van der Waals surface area contributed by atoms with Gasteiger partial charge in [0.2, 0.25) is 5.95 Å². The molecule has 2 aromatic heterocycles. The van der Waals surface area contributed by atoms with Crippen LogP contribution in [0, 0.1) is 0 Å². The first-order chi connectivity index (χ1) is 19.1. The number of hydrazine groups is 1. The largest absolute Gasteiger partial charge is 0.480 e. The molecular formula is C28H28N8O3. The summed E-state index contributed by atoms with van der Waals surface area (Å²) in [5.41, 5.74) is 4.55. The first-order valence-corrected chi connectivity index (χ1v) is 13.4. The smallest absolute Gasteiger partial charge is 0.266 e. The predicted molar refractivity (Wildman–Crippen MR) is 144 cm³/mol. The normalized spacial score (nSPS) is 23.3. The second kappa shape index (κ2) is 8.47. The van der Waals surface area contributed by atoms with Crippen molar-refractivity contribution in [1.82, 2.24) is 25.3 Å². The SMILES string of the molecule is O=C1COc2ccc3nc2N1CC/C=C/CN1C(O)c2cnc(Nc4ccc5c(c4)C4(CC4)CNC5)nc2N31. The highest BCUT2D eigenvalue weighted by atomic mass is 16.5. The number of nitrogens with one attached hydrogen (secondary N) is 2. The molecule has 1 aliphatic carbocycles. The molecule has 1 spiro atoms. The highest BCUT2D eigenvalue weighted by molar-refractivity contribution is 5.97. The number of aliphatic hydroxyl groups is 1. The summed E-state index contributed by atoms with van der Waals surface area (Å²) in [6.45, 7) is 2.86. The Bertz CT molecular complexity index is 1540. The number of amides is 1. The van der Waals surface area contributed by atoms with E-state index in [1.807, 2.05) is 24.3 Å². The third kappa shape index (κ3) is 3.61. The molecule has 1 aromatic carbocycles. The van der Waals surface area contributed by atoms with Gasteiger partial charge in [0.15, 0.2) is 36.0 Å². The zero-order valence-corrected chi connectivity index (χ0v) is 21.3. The highest BCUT2D eigenvalue weighted by Gasteiger charge is 2.47. The van der Waals surface area contributed by atoms with Crippen LogP contribution in [0.5, 0.6) is 5.75 Å². The zero-order chi connectivity index (χ0) is 26.1. The van der Waals surface area contributed by atoms with E-state index in [1.165, 1.54) is 24.0 Å². The maximum absolute atomic E-state index is 12.6. The van der Waals surface area contributed by atoms with Crippen LogP contribution in [0.2, 0.25) is 0 Å². The van der Waals surface area contributed by atoms with Gasteiger partial charge in [0.25, 0.3) is 5.91 Å². The van der Waals surface area contributed by atoms with E-state index >= 15 is 0 Å². The molecule has 1 unspecified atom stereocenters. The van der Waals surface area contributed by atoms with Crippen molar-refractivity contribution >= 4 is 35.0 Å². The number of fused-ring (bicyclic) bond motifs is 7. The number of nitrogens with zero attached hydrogens (tertiary/aromatic N) is 6. The molecule has 1 fully saturated rings. The van der Waals surface area contributed by atoms with Gasteiger partial charge in [-0.3, -0.25) is 9.69 Å². The summed E-state index contributed by atoms with van der Waals surface area (Å²) < 4.78 is 5.65. The van der Waals surface area contributed by atoms with Crippen molar-refractivity contribution in [3.63, 3.8) is 0 Å². The van der Waals surface area contributed by atoms with Crippen molar-refractivity contribution in [2.24, 2.45) is 0 Å². The Labute approximate surface area is 225 Å². The number of aromatic nitrogens is 3. The van der Waals surface area contributed by atoms with Gasteiger partial charge >= 0.3 is 0 Å². The summed E-state index contributed by atoms with van der Waals surface area (Å²) >= 11 is 0. The van der Waals surface area contributed by atoms with Gasteiger partial charge < -0.3 is 20.5 Å². The summed E-state index contributed by atoms with van der Waals surface area (Å²) in [5.74, 6) is 2.42. The van der Waals surface area contributed by atoms with Crippen LogP contribution in [-0.2, 0) is 16.8 Å². The van der Waals surface area contributed by atoms with Crippen LogP contribution in [0.15, 0.2) is 48.7 Å². The molecule has 1 atom stereocenters. The molecule has 8 rings (SSSR count). The van der Waals surface area contributed by atoms with Gasteiger partial charge in [0.05, 0.1) is 5.56 Å². The molecule has 11 nitrogen and oxygen atoms in total. The summed E-state index contributed by atoms with van der Waals surface area (Å²) in [4.78, 5) is 28.5. The lowest BCUT2D eigenvalue weighted by Crippen LogP contribution is -2.40. The zero-order valence-electron chi connectivity index (χ0n) is 21.3. The van der Waals surface area contributed by atoms with E-state index < -0.39 is 6.23 Å². The number of hydrogen-bond acceptors (Lipinski definition) is 10. The molecule has 198 valence electrons. The number of rotatable bonds is 2. The molecular weight excluding hydrogens is 496 g/mol. The maximum Gasteiger partial charge on any atom is 0.266 e. The molecule has 5 aliphatic rings. The number of benzene rings is 1. The average Bonchev–Trinajstić information content (AvgIpc) is 3.67. The number of anilines is 5. The van der Waals surface area contributed by atoms with Crippen molar-refractivity contribution in [2.45, 2.75) is 37.5 Å². The van der Waals surface area contributed by atoms with Crippen LogP contribution in [0.1, 0.15) is 42.2 Å². The first kappa shape index (κ1) is 22.9. The van der Waals surface area contributed by atoms with Gasteiger partial charge in [-0.15, -0.1) is 0 Å². The average molecular weight is 525 g/mol. The monoisotopic (exact) mass is 524 g/mol. The summed E-state index contributed by atoms with van der Waals surface area (Å²) in [6.07, 6.45) is 7.82. The Hall–Kier alpha value is -4.06. The third-order valence-electron chi connectivity index (χ3n) is 8.31. The fourth-order valence-corrected chi connectivity index (χ4v) is 6.09. The van der Waals surface area contributed by atoms with E-state index in [-0.39, 0.29) is 17.9 Å². The van der Waals surface area contributed by atoms with Crippen molar-refractivity contribution < 1.29 is 14.6 Å². The van der Waals surface area contributed by atoms with Crippen molar-refractivity contribution in [3.05, 3.63) is 65.4 Å². The minimum Gasteiger partial charge on any atom is -0.480 e. The van der Waals surface area contributed by atoms with E-state index in [2.05, 4.69) is 33.8 Å². The van der Waals surface area contributed by atoms with E-state index in [4.69, 9.17) is 14.7 Å². The lowest BCUT2D eigenvalue weighted by molar-refractivity contribution is -0.121. The molecule has 0 radical (unpaired) electrons. The van der Waals surface area contributed by atoms with E-state index in [0.29, 0.717) is 54.2 Å². The van der Waals surface area contributed by atoms with Gasteiger partial charge in [0, 0.05) is 43.5 Å². The Morgan fingerprint density at radius 1 is 1.13 bits per heavy atom. The van der Waals surface area contributed by atoms with Gasteiger partial charge in [-0.2, -0.15) is 9.99 Å². The van der Waals surface area contributed by atoms with E-state index in [1.54, 1.807) is 21.1 Å². The lowest BCUT2D eigenvalue weighted by atomic mass is 9.88. The fraction of sp³-hybridized carbons (Fsp3) is 0.357. The molecule has 6 heterocycles. The van der Waals surface area contributed by atoms with Crippen LogP contribution in [0.4, 0.5) is 29.1 Å². The van der Waals surface area contributed by atoms with Crippen molar-refractivity contribution in [2.75, 3.05) is 41.5 Å². The standard InChI is InChI=1S/C28H28N8O3/c37-23-15-39-21-6-7-22-32-25(21)34(23)10-2-1-3-11-35-26(38)19-14-30-27(33-24(19)36(22)35)31-18-5-4-17-13-29-16-28(8-9-28)20(17)12-18/h1,3-7,12,14,26,29,38H,2,8-11,13,15-16H2,(H,30,31,33)/b3-1+. The lowest BCUT2D eigenvalue weighted by Gasteiger charge is -2.31. The third-order valence-corrected chi connectivity index (χ3v) is 8.31. The Morgan fingerprint density at radius 3 is 2.95 bits per heavy atom. The number of aliphatic hydroxyl groups excluding tert-OH is 1. The summed E-state index contributed by atoms with van der Waals surface area (Å²) in [7, 11) is 0. The second-order valence-electron chi connectivity index (χ2n) is 10.7. The van der Waals surface area contributed by atoms with Crippen LogP contribution in [0.3, 0.4) is 0 Å².